The van der Waals surface area contributed by atoms with Crippen LogP contribution in [0.5, 0.6) is 0 Å². The molecule has 104 valence electrons. The van der Waals surface area contributed by atoms with Gasteiger partial charge in [0, 0.05) is 32.4 Å². The minimum absolute atomic E-state index is 0.0556. The number of hydrogen-bond donors (Lipinski definition) is 0. The lowest BCUT2D eigenvalue weighted by molar-refractivity contribution is -0.138. The largest absolute Gasteiger partial charge is 0.371 e. The molecule has 3 rings (SSSR count). The molecule has 1 aromatic rings. The quantitative estimate of drug-likeness (QED) is 0.804. The van der Waals surface area contributed by atoms with Crippen LogP contribution in [0, 0.1) is 0 Å². The maximum Gasteiger partial charge on any atom is 0.0935 e. The average Bonchev–Trinajstić information content (AvgIpc) is 2.39. The molecule has 2 aliphatic rings. The number of likely N-dealkylation sites (tertiary alicyclic amines) is 1. The third-order valence-corrected chi connectivity index (χ3v) is 4.17. The fourth-order valence-electron chi connectivity index (χ4n) is 3.35. The number of ether oxygens (including phenoxy) is 1. The first-order chi connectivity index (χ1) is 9.26. The Labute approximate surface area is 115 Å². The van der Waals surface area contributed by atoms with Gasteiger partial charge in [0.2, 0.25) is 0 Å². The van der Waals surface area contributed by atoms with Crippen molar-refractivity contribution in [3.63, 3.8) is 0 Å². The van der Waals surface area contributed by atoms with Gasteiger partial charge in [-0.25, -0.2) is 0 Å². The SMILES string of the molecule is CN1CCC[C@@]2(C1)CN(Cc1ccccn1)CCO2. The van der Waals surface area contributed by atoms with Gasteiger partial charge in [-0.3, -0.25) is 9.88 Å². The molecule has 0 aliphatic carbocycles. The third kappa shape index (κ3) is 3.14. The molecule has 1 spiro atoms. The van der Waals surface area contributed by atoms with Gasteiger partial charge < -0.3 is 9.64 Å². The first kappa shape index (κ1) is 13.0. The lowest BCUT2D eigenvalue weighted by Gasteiger charge is -2.47. The van der Waals surface area contributed by atoms with Crippen molar-refractivity contribution in [3.8, 4) is 0 Å². The maximum atomic E-state index is 6.14. The monoisotopic (exact) mass is 261 g/mol. The fourth-order valence-corrected chi connectivity index (χ4v) is 3.35. The summed E-state index contributed by atoms with van der Waals surface area (Å²) in [7, 11) is 2.20. The zero-order valence-electron chi connectivity index (χ0n) is 11.7. The Kier molecular flexibility index (Phi) is 3.82. The standard InChI is InChI=1S/C15H23N3O/c1-17-8-4-6-15(12-17)13-18(9-10-19-15)11-14-5-2-3-7-16-14/h2-3,5,7H,4,6,8-13H2,1H3/t15-/m1/s1. The summed E-state index contributed by atoms with van der Waals surface area (Å²) in [6, 6.07) is 6.14. The molecule has 0 radical (unpaired) electrons. The number of pyridine rings is 1. The van der Waals surface area contributed by atoms with Gasteiger partial charge in [-0.2, -0.15) is 0 Å². The van der Waals surface area contributed by atoms with E-state index in [1.54, 1.807) is 0 Å². The molecule has 4 nitrogen and oxygen atoms in total. The second kappa shape index (κ2) is 5.57. The molecular weight excluding hydrogens is 238 g/mol. The van der Waals surface area contributed by atoms with Crippen molar-refractivity contribution >= 4 is 0 Å². The number of likely N-dealkylation sites (N-methyl/N-ethyl adjacent to an activating group) is 1. The topological polar surface area (TPSA) is 28.6 Å². The zero-order valence-corrected chi connectivity index (χ0v) is 11.7. The highest BCUT2D eigenvalue weighted by Gasteiger charge is 2.39. The smallest absolute Gasteiger partial charge is 0.0935 e. The van der Waals surface area contributed by atoms with Crippen molar-refractivity contribution in [1.82, 2.24) is 14.8 Å². The summed E-state index contributed by atoms with van der Waals surface area (Å²) in [4.78, 5) is 9.32. The van der Waals surface area contributed by atoms with E-state index in [9.17, 15) is 0 Å². The number of morpholine rings is 1. The predicted octanol–water partition coefficient (Wildman–Crippen LogP) is 1.38. The molecule has 1 atom stereocenters. The predicted molar refractivity (Wildman–Crippen MR) is 74.9 cm³/mol. The molecule has 0 aromatic carbocycles. The lowest BCUT2D eigenvalue weighted by atomic mass is 9.91. The maximum absolute atomic E-state index is 6.14. The van der Waals surface area contributed by atoms with Crippen LogP contribution in [0.4, 0.5) is 0 Å². The Balaban J connectivity index is 1.64. The van der Waals surface area contributed by atoms with Crippen LogP contribution in [0.15, 0.2) is 24.4 Å². The second-order valence-corrected chi connectivity index (χ2v) is 5.90. The molecule has 1 aromatic heterocycles. The van der Waals surface area contributed by atoms with E-state index < -0.39 is 0 Å². The van der Waals surface area contributed by atoms with Crippen LogP contribution < -0.4 is 0 Å². The normalized spacial score (nSPS) is 29.7. The van der Waals surface area contributed by atoms with E-state index in [1.807, 2.05) is 12.3 Å². The molecule has 2 saturated heterocycles. The van der Waals surface area contributed by atoms with Gasteiger partial charge in [-0.1, -0.05) is 6.07 Å². The molecule has 0 saturated carbocycles. The molecule has 3 heterocycles. The van der Waals surface area contributed by atoms with E-state index >= 15 is 0 Å². The van der Waals surface area contributed by atoms with Gasteiger partial charge in [0.05, 0.1) is 17.9 Å². The molecule has 0 unspecified atom stereocenters. The molecular formula is C15H23N3O. The summed E-state index contributed by atoms with van der Waals surface area (Å²) in [5.41, 5.74) is 1.21. The van der Waals surface area contributed by atoms with Gasteiger partial charge in [0.15, 0.2) is 0 Å². The molecule has 0 amide bonds. The molecule has 0 N–H and O–H groups in total. The highest BCUT2D eigenvalue weighted by Crippen LogP contribution is 2.28. The summed E-state index contributed by atoms with van der Waals surface area (Å²) in [5, 5.41) is 0. The van der Waals surface area contributed by atoms with Crippen LogP contribution >= 0.6 is 0 Å². The second-order valence-electron chi connectivity index (χ2n) is 5.90. The summed E-state index contributed by atoms with van der Waals surface area (Å²) in [5.74, 6) is 0. The van der Waals surface area contributed by atoms with E-state index in [0.29, 0.717) is 0 Å². The van der Waals surface area contributed by atoms with Gasteiger partial charge in [-0.15, -0.1) is 0 Å². The third-order valence-electron chi connectivity index (χ3n) is 4.17. The first-order valence-electron chi connectivity index (χ1n) is 7.21. The highest BCUT2D eigenvalue weighted by molar-refractivity contribution is 5.04. The Bertz CT molecular complexity index is 407. The average molecular weight is 261 g/mol. The van der Waals surface area contributed by atoms with Crippen molar-refractivity contribution in [3.05, 3.63) is 30.1 Å². The fraction of sp³-hybridized carbons (Fsp3) is 0.667. The van der Waals surface area contributed by atoms with E-state index in [0.717, 1.165) is 38.5 Å². The summed E-state index contributed by atoms with van der Waals surface area (Å²) in [6.45, 7) is 6.10. The van der Waals surface area contributed by atoms with Crippen molar-refractivity contribution in [1.29, 1.82) is 0 Å². The molecule has 2 fully saturated rings. The Morgan fingerprint density at radius 3 is 3.05 bits per heavy atom. The van der Waals surface area contributed by atoms with E-state index in [1.165, 1.54) is 19.4 Å². The van der Waals surface area contributed by atoms with Crippen molar-refractivity contribution in [2.24, 2.45) is 0 Å². The summed E-state index contributed by atoms with van der Waals surface area (Å²) >= 11 is 0. The van der Waals surface area contributed by atoms with Gasteiger partial charge in [0.1, 0.15) is 0 Å². The van der Waals surface area contributed by atoms with Crippen molar-refractivity contribution in [2.75, 3.05) is 39.8 Å². The molecule has 19 heavy (non-hydrogen) atoms. The van der Waals surface area contributed by atoms with Gasteiger partial charge >= 0.3 is 0 Å². The molecule has 4 heteroatoms. The van der Waals surface area contributed by atoms with Crippen LogP contribution in [0.2, 0.25) is 0 Å². The van der Waals surface area contributed by atoms with E-state index in [4.69, 9.17) is 4.74 Å². The van der Waals surface area contributed by atoms with Crippen LogP contribution in [0.1, 0.15) is 18.5 Å². The van der Waals surface area contributed by atoms with Gasteiger partial charge in [0.25, 0.3) is 0 Å². The van der Waals surface area contributed by atoms with E-state index in [-0.39, 0.29) is 5.60 Å². The molecule has 2 aliphatic heterocycles. The summed E-state index contributed by atoms with van der Waals surface area (Å²) in [6.07, 6.45) is 4.31. The minimum atomic E-state index is 0.0556. The number of aromatic nitrogens is 1. The number of piperidine rings is 1. The zero-order chi connectivity index (χ0) is 13.1. The number of nitrogens with zero attached hydrogens (tertiary/aromatic N) is 3. The first-order valence-corrected chi connectivity index (χ1v) is 7.21. The van der Waals surface area contributed by atoms with Crippen LogP contribution in [-0.4, -0.2) is 60.2 Å². The minimum Gasteiger partial charge on any atom is -0.371 e. The highest BCUT2D eigenvalue weighted by atomic mass is 16.5. The number of rotatable bonds is 2. The lowest BCUT2D eigenvalue weighted by Crippen LogP contribution is -2.58. The van der Waals surface area contributed by atoms with Crippen molar-refractivity contribution in [2.45, 2.75) is 25.0 Å². The number of hydrogen-bond acceptors (Lipinski definition) is 4. The van der Waals surface area contributed by atoms with Crippen LogP contribution in [0.25, 0.3) is 0 Å². The van der Waals surface area contributed by atoms with Crippen LogP contribution in [-0.2, 0) is 11.3 Å². The van der Waals surface area contributed by atoms with Crippen LogP contribution in [0.3, 0.4) is 0 Å². The van der Waals surface area contributed by atoms with Gasteiger partial charge in [-0.05, 0) is 38.6 Å². The Morgan fingerprint density at radius 2 is 2.26 bits per heavy atom. The molecule has 0 bridgehead atoms. The van der Waals surface area contributed by atoms with E-state index in [2.05, 4.69) is 34.0 Å². The van der Waals surface area contributed by atoms with Crippen molar-refractivity contribution < 1.29 is 4.74 Å². The Hall–Kier alpha value is -0.970. The Morgan fingerprint density at radius 1 is 1.32 bits per heavy atom. The summed E-state index contributed by atoms with van der Waals surface area (Å²) < 4.78 is 6.14.